The fourth-order valence-electron chi connectivity index (χ4n) is 2.75. The van der Waals surface area contributed by atoms with Crippen LogP contribution in [0.2, 0.25) is 5.02 Å². The molecule has 1 aromatic carbocycles. The predicted molar refractivity (Wildman–Crippen MR) is 126 cm³/mol. The molecule has 0 saturated heterocycles. The molecule has 0 radical (unpaired) electrons. The summed E-state index contributed by atoms with van der Waals surface area (Å²) < 4.78 is 5.50. The van der Waals surface area contributed by atoms with Crippen molar-refractivity contribution in [3.8, 4) is 0 Å². The zero-order chi connectivity index (χ0) is 22.5. The number of hydrogen-bond acceptors (Lipinski definition) is 9. The Bertz CT molecular complexity index is 1080. The maximum Gasteiger partial charge on any atom is 0.413 e. The number of ether oxygens (including phenoxy) is 1. The quantitative estimate of drug-likeness (QED) is 0.325. The molecule has 164 valence electrons. The van der Waals surface area contributed by atoms with E-state index in [1.54, 1.807) is 11.8 Å². The van der Waals surface area contributed by atoms with Crippen molar-refractivity contribution in [1.82, 2.24) is 15.2 Å². The number of thioether (sulfide) groups is 1. The zero-order valence-corrected chi connectivity index (χ0v) is 20.5. The van der Waals surface area contributed by atoms with Crippen molar-refractivity contribution in [3.63, 3.8) is 0 Å². The largest absolute Gasteiger partial charge is 0.450 e. The molecule has 12 heteroatoms. The van der Waals surface area contributed by atoms with Crippen LogP contribution in [0.1, 0.15) is 30.7 Å². The predicted octanol–water partition coefficient (Wildman–Crippen LogP) is 5.81. The highest BCUT2D eigenvalue weighted by atomic mass is 35.5. The first kappa shape index (κ1) is 23.5. The Balaban J connectivity index is 1.71. The molecule has 0 aliphatic carbocycles. The highest BCUT2D eigenvalue weighted by Crippen LogP contribution is 2.38. The summed E-state index contributed by atoms with van der Waals surface area (Å²) in [6.45, 7) is 7.38. The van der Waals surface area contributed by atoms with Crippen LogP contribution in [0.15, 0.2) is 21.9 Å². The number of halogens is 1. The average Bonchev–Trinajstić information content (AvgIpc) is 3.32. The van der Waals surface area contributed by atoms with Crippen molar-refractivity contribution in [2.45, 2.75) is 37.8 Å². The number of carbonyl (C=O) groups excluding carboxylic acids is 2. The summed E-state index contributed by atoms with van der Waals surface area (Å²) in [4.78, 5) is 30.0. The van der Waals surface area contributed by atoms with Gasteiger partial charge in [0.25, 0.3) is 0 Å². The summed E-state index contributed by atoms with van der Waals surface area (Å²) in [5.41, 5.74) is 3.38. The highest BCUT2D eigenvalue weighted by molar-refractivity contribution is 8.00. The lowest BCUT2D eigenvalue weighted by Gasteiger charge is -2.22. The molecule has 0 aliphatic rings. The number of anilines is 3. The number of aryl methyl sites for hydroxylation is 2. The minimum absolute atomic E-state index is 0.166. The summed E-state index contributed by atoms with van der Waals surface area (Å²) in [5.74, 6) is 0.373. The van der Waals surface area contributed by atoms with Gasteiger partial charge in [-0.3, -0.25) is 15.0 Å². The zero-order valence-electron chi connectivity index (χ0n) is 17.3. The molecule has 0 spiro atoms. The van der Waals surface area contributed by atoms with Gasteiger partial charge in [-0.25, -0.2) is 9.78 Å². The van der Waals surface area contributed by atoms with Crippen molar-refractivity contribution in [3.05, 3.63) is 39.4 Å². The molecule has 3 rings (SSSR count). The molecule has 0 atom stereocenters. The van der Waals surface area contributed by atoms with Crippen LogP contribution in [0.25, 0.3) is 0 Å². The van der Waals surface area contributed by atoms with Gasteiger partial charge in [0.05, 0.1) is 23.0 Å². The molecule has 0 bridgehead atoms. The van der Waals surface area contributed by atoms with Gasteiger partial charge in [-0.2, -0.15) is 0 Å². The molecule has 0 unspecified atom stereocenters. The minimum atomic E-state index is -0.561. The van der Waals surface area contributed by atoms with E-state index in [-0.39, 0.29) is 12.5 Å². The number of rotatable bonds is 7. The van der Waals surface area contributed by atoms with Crippen LogP contribution in [0, 0.1) is 13.8 Å². The SMILES string of the molecule is CCOC(=O)Nc1nnc(SCc2csc(N(C(C)=O)c3c(C)cc(C)cc3Cl)n2)s1. The third-order valence-electron chi connectivity index (χ3n) is 3.90. The van der Waals surface area contributed by atoms with E-state index in [1.807, 2.05) is 31.4 Å². The maximum atomic E-state index is 12.4. The van der Waals surface area contributed by atoms with E-state index in [2.05, 4.69) is 20.5 Å². The lowest BCUT2D eigenvalue weighted by molar-refractivity contribution is -0.115. The number of hydrogen-bond donors (Lipinski definition) is 1. The standard InChI is InChI=1S/C19H20ClN5O3S3/c1-5-28-18(27)22-16-23-24-19(31-16)30-9-13-8-29-17(21-13)25(12(4)26)15-11(3)6-10(2)7-14(15)20/h6-8H,5,9H2,1-4H3,(H,22,23,27). The number of thiazole rings is 1. The first-order valence-electron chi connectivity index (χ1n) is 9.20. The van der Waals surface area contributed by atoms with Crippen LogP contribution in [0.3, 0.4) is 0 Å². The van der Waals surface area contributed by atoms with Crippen molar-refractivity contribution in [2.24, 2.45) is 0 Å². The number of nitrogens with one attached hydrogen (secondary N) is 1. The third-order valence-corrected chi connectivity index (χ3v) is 7.07. The van der Waals surface area contributed by atoms with Crippen molar-refractivity contribution >= 4 is 74.0 Å². The van der Waals surface area contributed by atoms with Crippen LogP contribution in [-0.4, -0.2) is 33.8 Å². The molecule has 2 amide bonds. The number of amides is 2. The van der Waals surface area contributed by atoms with Gasteiger partial charge in [0, 0.05) is 18.1 Å². The van der Waals surface area contributed by atoms with Gasteiger partial charge in [0.1, 0.15) is 0 Å². The van der Waals surface area contributed by atoms with E-state index in [1.165, 1.54) is 41.4 Å². The topological polar surface area (TPSA) is 97.3 Å². The molecule has 8 nitrogen and oxygen atoms in total. The fraction of sp³-hybridized carbons (Fsp3) is 0.316. The molecule has 0 aliphatic heterocycles. The van der Waals surface area contributed by atoms with Gasteiger partial charge < -0.3 is 4.74 Å². The first-order valence-corrected chi connectivity index (χ1v) is 12.3. The Morgan fingerprint density at radius 1 is 1.29 bits per heavy atom. The lowest BCUT2D eigenvalue weighted by atomic mass is 10.1. The summed E-state index contributed by atoms with van der Waals surface area (Å²) in [6, 6.07) is 3.82. The molecule has 3 aromatic rings. The first-order chi connectivity index (χ1) is 14.8. The summed E-state index contributed by atoms with van der Waals surface area (Å²) in [7, 11) is 0. The van der Waals surface area contributed by atoms with Crippen molar-refractivity contribution in [2.75, 3.05) is 16.8 Å². The van der Waals surface area contributed by atoms with E-state index in [0.29, 0.717) is 31.1 Å². The van der Waals surface area contributed by atoms with E-state index in [0.717, 1.165) is 16.8 Å². The van der Waals surface area contributed by atoms with Gasteiger partial charge in [0.15, 0.2) is 9.47 Å². The van der Waals surface area contributed by atoms with Gasteiger partial charge in [-0.1, -0.05) is 40.8 Å². The number of aromatic nitrogens is 3. The van der Waals surface area contributed by atoms with Gasteiger partial charge >= 0.3 is 6.09 Å². The minimum Gasteiger partial charge on any atom is -0.450 e. The van der Waals surface area contributed by atoms with Crippen LogP contribution >= 0.6 is 46.0 Å². The second-order valence-electron chi connectivity index (χ2n) is 6.40. The fourth-order valence-corrected chi connectivity index (χ4v) is 5.77. The van der Waals surface area contributed by atoms with E-state index in [4.69, 9.17) is 16.3 Å². The second kappa shape index (κ2) is 10.4. The van der Waals surface area contributed by atoms with Crippen molar-refractivity contribution < 1.29 is 14.3 Å². The highest BCUT2D eigenvalue weighted by Gasteiger charge is 2.23. The monoisotopic (exact) mass is 497 g/mol. The Labute approximate surface area is 197 Å². The summed E-state index contributed by atoms with van der Waals surface area (Å²) in [6.07, 6.45) is -0.561. The number of nitrogens with zero attached hydrogens (tertiary/aromatic N) is 4. The Hall–Kier alpha value is -2.21. The van der Waals surface area contributed by atoms with Crippen LogP contribution < -0.4 is 10.2 Å². The van der Waals surface area contributed by atoms with Crippen LogP contribution in [0.5, 0.6) is 0 Å². The molecule has 2 heterocycles. The Kier molecular flexibility index (Phi) is 7.87. The van der Waals surface area contributed by atoms with Gasteiger partial charge in [-0.05, 0) is 38.0 Å². The third kappa shape index (κ3) is 5.94. The number of benzene rings is 1. The normalized spacial score (nSPS) is 10.7. The molecule has 31 heavy (non-hydrogen) atoms. The maximum absolute atomic E-state index is 12.4. The summed E-state index contributed by atoms with van der Waals surface area (Å²) in [5, 5.41) is 13.8. The van der Waals surface area contributed by atoms with Gasteiger partial charge in [-0.15, -0.1) is 21.5 Å². The Morgan fingerprint density at radius 3 is 2.74 bits per heavy atom. The smallest absolute Gasteiger partial charge is 0.413 e. The molecule has 0 saturated carbocycles. The van der Waals surface area contributed by atoms with E-state index < -0.39 is 6.09 Å². The van der Waals surface area contributed by atoms with Crippen LogP contribution in [0.4, 0.5) is 20.7 Å². The van der Waals surface area contributed by atoms with Gasteiger partial charge in [0.2, 0.25) is 11.0 Å². The van der Waals surface area contributed by atoms with E-state index >= 15 is 0 Å². The molecular weight excluding hydrogens is 478 g/mol. The number of carbonyl (C=O) groups is 2. The van der Waals surface area contributed by atoms with Crippen LogP contribution in [-0.2, 0) is 15.3 Å². The molecule has 2 aromatic heterocycles. The summed E-state index contributed by atoms with van der Waals surface area (Å²) >= 11 is 10.5. The van der Waals surface area contributed by atoms with Crippen molar-refractivity contribution in [1.29, 1.82) is 0 Å². The van der Waals surface area contributed by atoms with E-state index in [9.17, 15) is 9.59 Å². The second-order valence-corrected chi connectivity index (χ2v) is 9.84. The lowest BCUT2D eigenvalue weighted by Crippen LogP contribution is -2.24. The Morgan fingerprint density at radius 2 is 2.06 bits per heavy atom. The average molecular weight is 498 g/mol. The molecule has 1 N–H and O–H groups in total. The molecule has 0 fully saturated rings. The molecular formula is C19H20ClN5O3S3.